The van der Waals surface area contributed by atoms with Crippen molar-refractivity contribution in [2.45, 2.75) is 45.6 Å². The van der Waals surface area contributed by atoms with E-state index < -0.39 is 0 Å². The summed E-state index contributed by atoms with van der Waals surface area (Å²) in [5, 5.41) is 3.09. The van der Waals surface area contributed by atoms with E-state index in [2.05, 4.69) is 29.0 Å². The molecule has 1 aliphatic heterocycles. The summed E-state index contributed by atoms with van der Waals surface area (Å²) in [6.45, 7) is 7.58. The molecule has 0 spiro atoms. The van der Waals surface area contributed by atoms with Crippen LogP contribution in [0.3, 0.4) is 0 Å². The molecule has 0 saturated carbocycles. The Balaban J connectivity index is 1.90. The van der Waals surface area contributed by atoms with Crippen molar-refractivity contribution in [2.24, 2.45) is 5.92 Å². The summed E-state index contributed by atoms with van der Waals surface area (Å²) in [4.78, 5) is 18.7. The van der Waals surface area contributed by atoms with Crippen LogP contribution in [0.4, 0.5) is 0 Å². The third kappa shape index (κ3) is 5.12. The Morgan fingerprint density at radius 2 is 1.90 bits per heavy atom. The Labute approximate surface area is 127 Å². The largest absolute Gasteiger partial charge is 0.350 e. The molecular weight excluding hydrogens is 262 g/mol. The van der Waals surface area contributed by atoms with E-state index in [1.165, 1.54) is 32.4 Å². The molecule has 1 unspecified atom stereocenters. The van der Waals surface area contributed by atoms with Crippen LogP contribution in [-0.2, 0) is 0 Å². The molecule has 1 aliphatic rings. The molecule has 4 nitrogen and oxygen atoms in total. The summed E-state index contributed by atoms with van der Waals surface area (Å²) in [6.07, 6.45) is 8.36. The van der Waals surface area contributed by atoms with Crippen molar-refractivity contribution < 1.29 is 4.79 Å². The Morgan fingerprint density at radius 1 is 1.24 bits per heavy atom. The second-order valence-electron chi connectivity index (χ2n) is 6.33. The van der Waals surface area contributed by atoms with Gasteiger partial charge in [-0.3, -0.25) is 14.7 Å². The zero-order chi connectivity index (χ0) is 15.1. The molecule has 1 aromatic heterocycles. The first kappa shape index (κ1) is 16.0. The van der Waals surface area contributed by atoms with E-state index in [0.717, 1.165) is 13.0 Å². The van der Waals surface area contributed by atoms with Crippen molar-refractivity contribution in [1.29, 1.82) is 0 Å². The molecule has 4 heteroatoms. The second-order valence-corrected chi connectivity index (χ2v) is 6.33. The fourth-order valence-electron chi connectivity index (χ4n) is 3.01. The number of carbonyl (C=O) groups is 1. The Bertz CT molecular complexity index is 427. The first-order chi connectivity index (χ1) is 10.2. The van der Waals surface area contributed by atoms with Crippen molar-refractivity contribution in [1.82, 2.24) is 15.2 Å². The predicted octanol–water partition coefficient (Wildman–Crippen LogP) is 2.71. The molecule has 0 bridgehead atoms. The molecule has 0 radical (unpaired) electrons. The van der Waals surface area contributed by atoms with Gasteiger partial charge in [0.05, 0.1) is 0 Å². The number of likely N-dealkylation sites (tertiary alicyclic amines) is 1. The monoisotopic (exact) mass is 289 g/mol. The lowest BCUT2D eigenvalue weighted by molar-refractivity contribution is 0.0913. The van der Waals surface area contributed by atoms with Crippen LogP contribution in [0, 0.1) is 5.92 Å². The number of amides is 1. The van der Waals surface area contributed by atoms with Gasteiger partial charge in [0, 0.05) is 30.5 Å². The van der Waals surface area contributed by atoms with Gasteiger partial charge < -0.3 is 5.32 Å². The van der Waals surface area contributed by atoms with Gasteiger partial charge in [0.1, 0.15) is 0 Å². The van der Waals surface area contributed by atoms with E-state index >= 15 is 0 Å². The number of hydrogen-bond donors (Lipinski definition) is 1. The van der Waals surface area contributed by atoms with E-state index in [0.29, 0.717) is 17.5 Å². The van der Waals surface area contributed by atoms with E-state index in [1.54, 1.807) is 24.5 Å². The second kappa shape index (κ2) is 8.13. The molecule has 1 aromatic rings. The molecule has 1 saturated heterocycles. The number of rotatable bonds is 6. The number of carbonyl (C=O) groups excluding carboxylic acids is 1. The van der Waals surface area contributed by atoms with Crippen LogP contribution in [0.5, 0.6) is 0 Å². The van der Waals surface area contributed by atoms with Gasteiger partial charge in [-0.15, -0.1) is 0 Å². The van der Waals surface area contributed by atoms with E-state index in [4.69, 9.17) is 0 Å². The fraction of sp³-hybridized carbons (Fsp3) is 0.647. The molecule has 2 rings (SSSR count). The fourth-order valence-corrected chi connectivity index (χ4v) is 3.01. The minimum absolute atomic E-state index is 0.00293. The van der Waals surface area contributed by atoms with Crippen LogP contribution in [0.15, 0.2) is 24.5 Å². The number of nitrogens with zero attached hydrogens (tertiary/aromatic N) is 2. The third-order valence-corrected chi connectivity index (χ3v) is 4.09. The minimum Gasteiger partial charge on any atom is -0.350 e. The lowest BCUT2D eigenvalue weighted by Crippen LogP contribution is -2.46. The lowest BCUT2D eigenvalue weighted by Gasteiger charge is -2.35. The number of aromatic nitrogens is 1. The predicted molar refractivity (Wildman–Crippen MR) is 85.2 cm³/mol. The van der Waals surface area contributed by atoms with E-state index in [9.17, 15) is 4.79 Å². The van der Waals surface area contributed by atoms with E-state index in [-0.39, 0.29) is 5.91 Å². The zero-order valence-corrected chi connectivity index (χ0v) is 13.2. The number of pyridine rings is 1. The maximum absolute atomic E-state index is 12.2. The van der Waals surface area contributed by atoms with Crippen LogP contribution in [0.2, 0.25) is 0 Å². The van der Waals surface area contributed by atoms with Gasteiger partial charge in [-0.1, -0.05) is 20.3 Å². The number of piperidine rings is 1. The van der Waals surface area contributed by atoms with Crippen LogP contribution < -0.4 is 5.32 Å². The summed E-state index contributed by atoms with van der Waals surface area (Å²) < 4.78 is 0. The lowest BCUT2D eigenvalue weighted by atomic mass is 9.99. The summed E-state index contributed by atoms with van der Waals surface area (Å²) in [5.41, 5.74) is 0.687. The van der Waals surface area contributed by atoms with Crippen molar-refractivity contribution in [3.63, 3.8) is 0 Å². The van der Waals surface area contributed by atoms with Crippen molar-refractivity contribution in [2.75, 3.05) is 19.6 Å². The Kier molecular flexibility index (Phi) is 6.18. The van der Waals surface area contributed by atoms with Crippen molar-refractivity contribution in [3.05, 3.63) is 30.1 Å². The highest BCUT2D eigenvalue weighted by molar-refractivity contribution is 5.93. The molecule has 21 heavy (non-hydrogen) atoms. The quantitative estimate of drug-likeness (QED) is 0.876. The normalized spacial score (nSPS) is 17.7. The van der Waals surface area contributed by atoms with Crippen LogP contribution in [0.25, 0.3) is 0 Å². The number of hydrogen-bond acceptors (Lipinski definition) is 3. The smallest absolute Gasteiger partial charge is 0.251 e. The molecule has 1 N–H and O–H groups in total. The minimum atomic E-state index is 0.00293. The summed E-state index contributed by atoms with van der Waals surface area (Å²) in [5.74, 6) is 0.651. The SMILES string of the molecule is CC(C)CC(CNC(=O)c1ccncc1)N1CCCCC1. The molecule has 1 fully saturated rings. The molecule has 2 heterocycles. The van der Waals surface area contributed by atoms with Gasteiger partial charge in [-0.05, 0) is 50.4 Å². The Hall–Kier alpha value is -1.42. The number of nitrogens with one attached hydrogen (secondary N) is 1. The standard InChI is InChI=1S/C17H27N3O/c1-14(2)12-16(20-10-4-3-5-11-20)13-19-17(21)15-6-8-18-9-7-15/h6-9,14,16H,3-5,10-13H2,1-2H3,(H,19,21). The molecular formula is C17H27N3O. The first-order valence-electron chi connectivity index (χ1n) is 8.09. The van der Waals surface area contributed by atoms with Crippen LogP contribution in [0.1, 0.15) is 49.9 Å². The summed E-state index contributed by atoms with van der Waals surface area (Å²) >= 11 is 0. The maximum atomic E-state index is 12.2. The average molecular weight is 289 g/mol. The average Bonchev–Trinajstić information content (AvgIpc) is 2.52. The van der Waals surface area contributed by atoms with Gasteiger partial charge in [0.15, 0.2) is 0 Å². The molecule has 1 amide bonds. The molecule has 0 aromatic carbocycles. The van der Waals surface area contributed by atoms with Gasteiger partial charge in [0.2, 0.25) is 0 Å². The van der Waals surface area contributed by atoms with Crippen molar-refractivity contribution >= 4 is 5.91 Å². The highest BCUT2D eigenvalue weighted by atomic mass is 16.1. The topological polar surface area (TPSA) is 45.2 Å². The zero-order valence-electron chi connectivity index (χ0n) is 13.2. The van der Waals surface area contributed by atoms with Gasteiger partial charge >= 0.3 is 0 Å². The van der Waals surface area contributed by atoms with Crippen LogP contribution in [-0.4, -0.2) is 41.5 Å². The summed E-state index contributed by atoms with van der Waals surface area (Å²) in [7, 11) is 0. The molecule has 1 atom stereocenters. The highest BCUT2D eigenvalue weighted by Gasteiger charge is 2.22. The van der Waals surface area contributed by atoms with Crippen molar-refractivity contribution in [3.8, 4) is 0 Å². The van der Waals surface area contributed by atoms with Crippen LogP contribution >= 0.6 is 0 Å². The van der Waals surface area contributed by atoms with E-state index in [1.807, 2.05) is 0 Å². The highest BCUT2D eigenvalue weighted by Crippen LogP contribution is 2.17. The van der Waals surface area contributed by atoms with Gasteiger partial charge in [0.25, 0.3) is 5.91 Å². The molecule has 116 valence electrons. The van der Waals surface area contributed by atoms with Gasteiger partial charge in [-0.25, -0.2) is 0 Å². The van der Waals surface area contributed by atoms with Gasteiger partial charge in [-0.2, -0.15) is 0 Å². The maximum Gasteiger partial charge on any atom is 0.251 e. The Morgan fingerprint density at radius 3 is 2.52 bits per heavy atom. The summed E-state index contributed by atoms with van der Waals surface area (Å²) in [6, 6.07) is 3.97. The molecule has 0 aliphatic carbocycles. The third-order valence-electron chi connectivity index (χ3n) is 4.09. The first-order valence-corrected chi connectivity index (χ1v) is 8.09.